The zero-order valence-electron chi connectivity index (χ0n) is 8.94. The average Bonchev–Trinajstić information content (AvgIpc) is 2.28. The molecule has 3 heteroatoms. The van der Waals surface area contributed by atoms with Gasteiger partial charge in [-0.2, -0.15) is 0 Å². The van der Waals surface area contributed by atoms with Crippen LogP contribution in [-0.4, -0.2) is 17.4 Å². The highest BCUT2D eigenvalue weighted by Gasteiger charge is 2.15. The number of halogens is 1. The van der Waals surface area contributed by atoms with Crippen molar-refractivity contribution >= 4 is 21.9 Å². The highest BCUT2D eigenvalue weighted by atomic mass is 79.9. The van der Waals surface area contributed by atoms with E-state index in [1.54, 1.807) is 6.92 Å². The number of benzene rings is 1. The minimum atomic E-state index is -0.634. The molecule has 2 unspecified atom stereocenters. The first-order valence-corrected chi connectivity index (χ1v) is 5.36. The molecule has 0 N–H and O–H groups in total. The van der Waals surface area contributed by atoms with Crippen molar-refractivity contribution < 1.29 is 10.9 Å². The molecule has 0 fully saturated rings. The van der Waals surface area contributed by atoms with Crippen LogP contribution in [0.1, 0.15) is 13.9 Å². The van der Waals surface area contributed by atoms with E-state index in [0.29, 0.717) is 6.61 Å². The van der Waals surface area contributed by atoms with Gasteiger partial charge in [0.2, 0.25) is 0 Å². The second kappa shape index (κ2) is 5.81. The van der Waals surface area contributed by atoms with Crippen molar-refractivity contribution in [3.63, 3.8) is 0 Å². The summed E-state index contributed by atoms with van der Waals surface area (Å²) in [5, 5.41) is 0. The van der Waals surface area contributed by atoms with Crippen molar-refractivity contribution in [1.29, 1.82) is 0 Å². The molecule has 2 nitrogen and oxygen atoms in total. The molecule has 0 radical (unpaired) electrons. The lowest BCUT2D eigenvalue weighted by Gasteiger charge is -2.08. The largest absolute Gasteiger partial charge is 0.465 e. The van der Waals surface area contributed by atoms with Gasteiger partial charge in [0.05, 0.1) is 6.61 Å². The third kappa shape index (κ3) is 3.50. The maximum absolute atomic E-state index is 11.4. The molecule has 0 aliphatic carbocycles. The predicted molar refractivity (Wildman–Crippen MR) is 59.5 cm³/mol. The predicted octanol–water partition coefficient (Wildman–Crippen LogP) is 2.56. The summed E-state index contributed by atoms with van der Waals surface area (Å²) in [6, 6.07) is 9.23. The number of esters is 1. The summed E-state index contributed by atoms with van der Waals surface area (Å²) >= 11 is 3.18. The summed E-state index contributed by atoms with van der Waals surface area (Å²) in [7, 11) is 0. The third-order valence-corrected chi connectivity index (χ3v) is 2.29. The van der Waals surface area contributed by atoms with Gasteiger partial charge in [0, 0.05) is 1.37 Å². The second-order valence-electron chi connectivity index (χ2n) is 2.73. The summed E-state index contributed by atoms with van der Waals surface area (Å²) in [5.74, 6) is -0.388. The second-order valence-corrected chi connectivity index (χ2v) is 3.72. The fraction of sp³-hybridized carbons (Fsp3) is 0.364. The monoisotopic (exact) mass is 257 g/mol. The van der Waals surface area contributed by atoms with Crippen molar-refractivity contribution in [3.05, 3.63) is 35.9 Å². The summed E-state index contributed by atoms with van der Waals surface area (Å²) < 4.78 is 12.7. The molecule has 0 heterocycles. The molecule has 0 spiro atoms. The number of alkyl halides is 1. The first-order valence-electron chi connectivity index (χ1n) is 5.02. The first-order chi connectivity index (χ1) is 7.16. The molecule has 2 atom stereocenters. The molecule has 0 aliphatic heterocycles. The van der Waals surface area contributed by atoms with Gasteiger partial charge in [0.1, 0.15) is 4.83 Å². The molecule has 1 aromatic carbocycles. The highest BCUT2D eigenvalue weighted by molar-refractivity contribution is 9.10. The standard InChI is InChI=1S/C11H13BrO2/c1-2-14-11(13)10(12)8-9-6-4-3-5-7-9/h3-7,10H,2,8H2,1H3/i8D. The minimum Gasteiger partial charge on any atom is -0.465 e. The summed E-state index contributed by atoms with van der Waals surface area (Å²) in [6.45, 7) is 2.08. The van der Waals surface area contributed by atoms with Crippen LogP contribution in [0.25, 0.3) is 0 Å². The first kappa shape index (κ1) is 9.71. The van der Waals surface area contributed by atoms with Gasteiger partial charge in [-0.25, -0.2) is 0 Å². The van der Waals surface area contributed by atoms with Crippen molar-refractivity contribution in [3.8, 4) is 0 Å². The van der Waals surface area contributed by atoms with Crippen molar-refractivity contribution in [2.45, 2.75) is 18.1 Å². The number of hydrogen-bond acceptors (Lipinski definition) is 2. The quantitative estimate of drug-likeness (QED) is 0.612. The van der Waals surface area contributed by atoms with Gasteiger partial charge in [-0.1, -0.05) is 46.3 Å². The Morgan fingerprint density at radius 2 is 2.21 bits per heavy atom. The van der Waals surface area contributed by atoms with Crippen LogP contribution in [0.2, 0.25) is 0 Å². The lowest BCUT2D eigenvalue weighted by molar-refractivity contribution is -0.142. The molecule has 1 aromatic rings. The van der Waals surface area contributed by atoms with Crippen LogP contribution in [-0.2, 0) is 15.9 Å². The molecule has 0 amide bonds. The molecule has 76 valence electrons. The number of carbonyl (C=O) groups excluding carboxylic acids is 1. The van der Waals surface area contributed by atoms with E-state index in [9.17, 15) is 4.79 Å². The fourth-order valence-corrected chi connectivity index (χ4v) is 1.46. The highest BCUT2D eigenvalue weighted by Crippen LogP contribution is 2.11. The Labute approximate surface area is 93.8 Å². The van der Waals surface area contributed by atoms with Crippen LogP contribution >= 0.6 is 15.9 Å². The lowest BCUT2D eigenvalue weighted by Crippen LogP contribution is -2.19. The average molecular weight is 258 g/mol. The van der Waals surface area contributed by atoms with Crippen LogP contribution in [0.5, 0.6) is 0 Å². The van der Waals surface area contributed by atoms with E-state index in [1.165, 1.54) is 0 Å². The van der Waals surface area contributed by atoms with E-state index in [2.05, 4.69) is 15.9 Å². The molecule has 0 saturated heterocycles. The molecular formula is C11H13BrO2. The number of rotatable bonds is 4. The Morgan fingerprint density at radius 1 is 1.57 bits per heavy atom. The van der Waals surface area contributed by atoms with Gasteiger partial charge < -0.3 is 4.74 Å². The molecule has 0 saturated carbocycles. The smallest absolute Gasteiger partial charge is 0.320 e. The Bertz CT molecular complexity index is 316. The summed E-state index contributed by atoms with van der Waals surface area (Å²) in [6.07, 6.45) is -0.634. The Balaban J connectivity index is 2.68. The van der Waals surface area contributed by atoms with Crippen molar-refractivity contribution in [2.75, 3.05) is 6.61 Å². The van der Waals surface area contributed by atoms with E-state index in [0.717, 1.165) is 5.56 Å². The van der Waals surface area contributed by atoms with Gasteiger partial charge in [0.15, 0.2) is 0 Å². The summed E-state index contributed by atoms with van der Waals surface area (Å²) in [4.78, 5) is 10.8. The normalized spacial score (nSPS) is 15.4. The topological polar surface area (TPSA) is 26.3 Å². The Morgan fingerprint density at radius 3 is 2.79 bits per heavy atom. The Kier molecular flexibility index (Phi) is 4.03. The zero-order valence-corrected chi connectivity index (χ0v) is 9.53. The van der Waals surface area contributed by atoms with E-state index < -0.39 is 11.2 Å². The molecular weight excluding hydrogens is 244 g/mol. The number of carbonyl (C=O) groups is 1. The van der Waals surface area contributed by atoms with E-state index >= 15 is 0 Å². The number of ether oxygens (including phenoxy) is 1. The van der Waals surface area contributed by atoms with E-state index in [-0.39, 0.29) is 5.97 Å². The van der Waals surface area contributed by atoms with Crippen LogP contribution in [0.4, 0.5) is 0 Å². The van der Waals surface area contributed by atoms with Gasteiger partial charge in [0.25, 0.3) is 0 Å². The van der Waals surface area contributed by atoms with Crippen molar-refractivity contribution in [2.24, 2.45) is 0 Å². The third-order valence-electron chi connectivity index (χ3n) is 1.65. The van der Waals surface area contributed by atoms with Crippen LogP contribution < -0.4 is 0 Å². The molecule has 14 heavy (non-hydrogen) atoms. The van der Waals surface area contributed by atoms with Gasteiger partial charge in [-0.3, -0.25) is 4.79 Å². The molecule has 0 aromatic heterocycles. The van der Waals surface area contributed by atoms with E-state index in [1.807, 2.05) is 30.3 Å². The Hall–Kier alpha value is -0.830. The van der Waals surface area contributed by atoms with Crippen LogP contribution in [0.15, 0.2) is 30.3 Å². The number of hydrogen-bond donors (Lipinski definition) is 0. The minimum absolute atomic E-state index is 0.336. The summed E-state index contributed by atoms with van der Waals surface area (Å²) in [5.41, 5.74) is 0.799. The molecule has 0 bridgehead atoms. The van der Waals surface area contributed by atoms with Crippen molar-refractivity contribution in [1.82, 2.24) is 0 Å². The van der Waals surface area contributed by atoms with Gasteiger partial charge >= 0.3 is 5.97 Å². The van der Waals surface area contributed by atoms with Crippen LogP contribution in [0.3, 0.4) is 0 Å². The molecule has 0 aliphatic rings. The maximum atomic E-state index is 11.4. The SMILES string of the molecule is [2H]C(c1ccccc1)C(Br)C(=O)OCC. The fourth-order valence-electron chi connectivity index (χ4n) is 1.02. The molecule has 1 rings (SSSR count). The van der Waals surface area contributed by atoms with Gasteiger partial charge in [-0.05, 0) is 18.9 Å². The van der Waals surface area contributed by atoms with Gasteiger partial charge in [-0.15, -0.1) is 0 Å². The maximum Gasteiger partial charge on any atom is 0.320 e. The van der Waals surface area contributed by atoms with E-state index in [4.69, 9.17) is 6.11 Å². The van der Waals surface area contributed by atoms with Crippen LogP contribution in [0, 0.1) is 0 Å². The lowest BCUT2D eigenvalue weighted by atomic mass is 10.1. The zero-order chi connectivity index (χ0) is 11.3.